The smallest absolute Gasteiger partial charge is 0.339 e. The molecule has 20 heavy (non-hydrogen) atoms. The van der Waals surface area contributed by atoms with E-state index in [0.717, 1.165) is 17.7 Å². The molecule has 0 atom stereocenters. The first-order chi connectivity index (χ1) is 8.90. The summed E-state index contributed by atoms with van der Waals surface area (Å²) in [4.78, 5) is 11.5. The van der Waals surface area contributed by atoms with Gasteiger partial charge in [-0.3, -0.25) is 8.78 Å². The van der Waals surface area contributed by atoms with E-state index in [1.54, 1.807) is 12.3 Å². The van der Waals surface area contributed by atoms with Crippen LogP contribution >= 0.6 is 0 Å². The molecule has 2 aromatic rings. The summed E-state index contributed by atoms with van der Waals surface area (Å²) in [6, 6.07) is 8.00. The summed E-state index contributed by atoms with van der Waals surface area (Å²) in [5.74, 6) is -1.86. The van der Waals surface area contributed by atoms with E-state index in [1.165, 1.54) is 6.92 Å². The Bertz CT molecular complexity index is 587. The zero-order valence-electron chi connectivity index (χ0n) is 10.8. The molecule has 0 saturated carbocycles. The van der Waals surface area contributed by atoms with E-state index >= 15 is 0 Å². The van der Waals surface area contributed by atoms with Gasteiger partial charge in [-0.25, -0.2) is 0 Å². The zero-order chi connectivity index (χ0) is 14.4. The maximum absolute atomic E-state index is 13.4. The van der Waals surface area contributed by atoms with Crippen LogP contribution in [-0.4, -0.2) is 20.9 Å². The molecule has 109 valence electrons. The maximum Gasteiger partial charge on any atom is 0.477 e. The molecule has 1 aromatic carbocycles. The molecule has 0 spiro atoms. The Morgan fingerprint density at radius 3 is 2.45 bits per heavy atom. The van der Waals surface area contributed by atoms with Crippen molar-refractivity contribution in [3.63, 3.8) is 0 Å². The molecule has 0 aliphatic heterocycles. The van der Waals surface area contributed by atoms with Crippen LogP contribution in [-0.2, 0) is 20.1 Å². The predicted molar refractivity (Wildman–Crippen MR) is 68.4 cm³/mol. The third kappa shape index (κ3) is 5.99. The quantitative estimate of drug-likeness (QED) is 0.528. The summed E-state index contributed by atoms with van der Waals surface area (Å²) >= 11 is 0. The first-order valence-corrected chi connectivity index (χ1v) is 5.41. The summed E-state index contributed by atoms with van der Waals surface area (Å²) in [5.41, 5.74) is 1.63. The molecule has 0 bridgehead atoms. The van der Waals surface area contributed by atoms with Gasteiger partial charge in [0.1, 0.15) is 0 Å². The zero-order valence-corrected chi connectivity index (χ0v) is 13.2. The Morgan fingerprint density at radius 1 is 1.35 bits per heavy atom. The molecule has 1 aromatic heterocycles. The van der Waals surface area contributed by atoms with Crippen LogP contribution in [0.3, 0.4) is 0 Å². The van der Waals surface area contributed by atoms with Crippen molar-refractivity contribution in [2.75, 3.05) is 0 Å². The van der Waals surface area contributed by atoms with Crippen molar-refractivity contribution >= 4 is 5.97 Å². The fraction of sp³-hybridized carbons (Fsp3) is 0.143. The summed E-state index contributed by atoms with van der Waals surface area (Å²) in [5, 5.41) is 7.53. The van der Waals surface area contributed by atoms with Crippen molar-refractivity contribution in [2.45, 2.75) is 13.8 Å². The van der Waals surface area contributed by atoms with Gasteiger partial charge < -0.3 is 14.9 Å². The van der Waals surface area contributed by atoms with Crippen molar-refractivity contribution in [3.8, 4) is 11.3 Å². The van der Waals surface area contributed by atoms with Crippen LogP contribution < -0.4 is 0 Å². The monoisotopic (exact) mass is 458 g/mol. The van der Waals surface area contributed by atoms with Crippen molar-refractivity contribution in [1.82, 2.24) is 4.98 Å². The number of hydrogen-bond donors (Lipinski definition) is 1. The van der Waals surface area contributed by atoms with E-state index in [1.807, 2.05) is 13.0 Å². The molecule has 2 rings (SSSR count). The number of aliphatic carboxylic acids is 1. The minimum absolute atomic E-state index is 0. The number of nitrogens with zero attached hydrogens (tertiary/aromatic N) is 1. The average Bonchev–Trinajstić information content (AvgIpc) is 2.28. The summed E-state index contributed by atoms with van der Waals surface area (Å²) in [6.07, 6.45) is 1.58. The third-order valence-corrected chi connectivity index (χ3v) is 2.03. The van der Waals surface area contributed by atoms with E-state index in [-0.39, 0.29) is 25.7 Å². The van der Waals surface area contributed by atoms with Gasteiger partial charge in [0.15, 0.2) is 0 Å². The van der Waals surface area contributed by atoms with Gasteiger partial charge in [-0.2, -0.15) is 0 Å². The number of benzene rings is 1. The fourth-order valence-corrected chi connectivity index (χ4v) is 1.31. The number of carboxylic acid groups (broad SMARTS) is 1. The van der Waals surface area contributed by atoms with Crippen molar-refractivity contribution in [2.24, 2.45) is 0 Å². The molecule has 1 radical (unpaired) electrons. The first kappa shape index (κ1) is 18.3. The normalized spacial score (nSPS) is 9.00. The Balaban J connectivity index is 0.000000644. The minimum Gasteiger partial charge on any atom is -0.339 e. The molecular formula is C14H13F2IrNO2. The second-order valence-corrected chi connectivity index (χ2v) is 3.81. The average molecular weight is 457 g/mol. The van der Waals surface area contributed by atoms with Gasteiger partial charge in [-0.1, -0.05) is 23.3 Å². The molecule has 0 aliphatic carbocycles. The van der Waals surface area contributed by atoms with Gasteiger partial charge >= 0.3 is 5.97 Å². The van der Waals surface area contributed by atoms with E-state index in [4.69, 9.17) is 9.90 Å². The Kier molecular flexibility index (Phi) is 7.80. The number of aromatic nitrogens is 1. The number of rotatable bonds is 1. The third-order valence-electron chi connectivity index (χ3n) is 2.03. The standard InChI is InChI=1S/C12H8F2N.C2H4O2.Ir/c1-8-4-5-15-12(6-8)10-3-2-9(13)7-11(10)14;1-2(3)4;/h2,4-7H,1H3;1H3,(H,3,4);/q-1;;/p+1. The molecule has 0 unspecified atom stereocenters. The maximum atomic E-state index is 13.4. The van der Waals surface area contributed by atoms with E-state index in [0.29, 0.717) is 5.69 Å². The van der Waals surface area contributed by atoms with Crippen LogP contribution in [0.5, 0.6) is 0 Å². The predicted octanol–water partition coefficient (Wildman–Crippen LogP) is 3.20. The fourth-order valence-electron chi connectivity index (χ4n) is 1.31. The second-order valence-electron chi connectivity index (χ2n) is 3.81. The molecule has 2 N–H and O–H groups in total. The first-order valence-electron chi connectivity index (χ1n) is 5.41. The van der Waals surface area contributed by atoms with Crippen LogP contribution in [0.1, 0.15) is 12.5 Å². The van der Waals surface area contributed by atoms with E-state index in [2.05, 4.69) is 11.1 Å². The van der Waals surface area contributed by atoms with E-state index in [9.17, 15) is 8.78 Å². The molecule has 0 aliphatic rings. The molecule has 0 saturated heterocycles. The van der Waals surface area contributed by atoms with Crippen LogP contribution in [0.15, 0.2) is 30.5 Å². The van der Waals surface area contributed by atoms with Crippen LogP contribution in [0, 0.1) is 24.6 Å². The Morgan fingerprint density at radius 2 is 1.95 bits per heavy atom. The summed E-state index contributed by atoms with van der Waals surface area (Å²) in [6.45, 7) is 3.08. The Labute approximate surface area is 129 Å². The van der Waals surface area contributed by atoms with Crippen molar-refractivity contribution in [3.05, 3.63) is 53.7 Å². The summed E-state index contributed by atoms with van der Waals surface area (Å²) in [7, 11) is 0. The molecule has 0 amide bonds. The number of hydrogen-bond acceptors (Lipinski definition) is 1. The molecule has 0 fully saturated rings. The molecule has 1 heterocycles. The molecule has 3 nitrogen and oxygen atoms in total. The SMILES string of the molecule is CC(O)=[OH+].Cc1ccnc(-c2[c-]cc(F)cc2F)c1.[Ir]. The van der Waals surface area contributed by atoms with Gasteiger partial charge in [0, 0.05) is 37.9 Å². The summed E-state index contributed by atoms with van der Waals surface area (Å²) < 4.78 is 26.0. The number of pyridine rings is 1. The van der Waals surface area contributed by atoms with Gasteiger partial charge in [0.05, 0.1) is 6.92 Å². The number of halogens is 2. The van der Waals surface area contributed by atoms with Crippen LogP contribution in [0.25, 0.3) is 11.3 Å². The van der Waals surface area contributed by atoms with Crippen LogP contribution in [0.4, 0.5) is 8.78 Å². The van der Waals surface area contributed by atoms with E-state index < -0.39 is 17.6 Å². The number of carboxylic acids is 1. The van der Waals surface area contributed by atoms with Gasteiger partial charge in [0.2, 0.25) is 0 Å². The van der Waals surface area contributed by atoms with Gasteiger partial charge in [-0.05, 0) is 18.7 Å². The molecule has 6 heteroatoms. The molecular weight excluding hydrogens is 444 g/mol. The van der Waals surface area contributed by atoms with Crippen molar-refractivity contribution < 1.29 is 38.8 Å². The van der Waals surface area contributed by atoms with Crippen LogP contribution in [0.2, 0.25) is 0 Å². The largest absolute Gasteiger partial charge is 0.477 e. The minimum atomic E-state index is -0.645. The van der Waals surface area contributed by atoms with Crippen molar-refractivity contribution in [1.29, 1.82) is 0 Å². The number of aliphatic hydroxyl groups excluding tert-OH is 1. The second kappa shape index (κ2) is 8.51. The Hall–Kier alpha value is -1.65. The van der Waals surface area contributed by atoms with Gasteiger partial charge in [0.25, 0.3) is 0 Å². The van der Waals surface area contributed by atoms with Gasteiger partial charge in [-0.15, -0.1) is 12.1 Å². The number of aryl methyl sites for hydroxylation is 1. The topological polar surface area (TPSA) is 54.5 Å².